The lowest BCUT2D eigenvalue weighted by Gasteiger charge is -2.30. The van der Waals surface area contributed by atoms with Crippen molar-refractivity contribution in [3.05, 3.63) is 0 Å². The molecule has 0 aromatic carbocycles. The van der Waals surface area contributed by atoms with Gasteiger partial charge in [-0.3, -0.25) is 4.79 Å². The lowest BCUT2D eigenvalue weighted by atomic mass is 9.86. The highest BCUT2D eigenvalue weighted by molar-refractivity contribution is 5.89. The molecule has 26 heavy (non-hydrogen) atoms. The molecule has 0 aromatic heterocycles. The number of rotatable bonds is 6. The van der Waals surface area contributed by atoms with E-state index in [-0.39, 0.29) is 17.3 Å². The van der Waals surface area contributed by atoms with Crippen LogP contribution in [0.5, 0.6) is 0 Å². The van der Waals surface area contributed by atoms with Crippen LogP contribution in [0.4, 0.5) is 4.79 Å². The molecule has 0 spiro atoms. The van der Waals surface area contributed by atoms with Crippen LogP contribution in [0.1, 0.15) is 75.2 Å². The van der Waals surface area contributed by atoms with Gasteiger partial charge in [-0.25, -0.2) is 9.59 Å². The van der Waals surface area contributed by atoms with E-state index in [1.807, 2.05) is 41.5 Å². The molecule has 7 nitrogen and oxygen atoms in total. The monoisotopic (exact) mass is 372 g/mol. The molecule has 0 bridgehead atoms. The molecule has 2 atom stereocenters. The van der Waals surface area contributed by atoms with E-state index in [2.05, 4.69) is 10.6 Å². The summed E-state index contributed by atoms with van der Waals surface area (Å²) in [6.07, 6.45) is -0.0764. The fourth-order valence-electron chi connectivity index (χ4n) is 2.36. The van der Waals surface area contributed by atoms with Crippen LogP contribution in [0.15, 0.2) is 0 Å². The molecule has 2 amide bonds. The number of carboxylic acids is 1. The van der Waals surface area contributed by atoms with E-state index in [0.717, 1.165) is 0 Å². The van der Waals surface area contributed by atoms with E-state index in [1.165, 1.54) is 0 Å². The van der Waals surface area contributed by atoms with Gasteiger partial charge in [-0.05, 0) is 44.4 Å². The highest BCUT2D eigenvalue weighted by Crippen LogP contribution is 2.23. The standard InChI is InChI=1S/C19H36N2O5/c1-17(2,3)10-12(21-16(25)26-19(7,8)9)14(22)20-13(15(23)24)11-18(4,5)6/h12-13H,10-11H2,1-9H3,(H,20,22)(H,21,25)(H,23,24)/t12-,13-/m0/s1. The molecular weight excluding hydrogens is 336 g/mol. The van der Waals surface area contributed by atoms with Gasteiger partial charge in [-0.2, -0.15) is 0 Å². The first kappa shape index (κ1) is 24.2. The second-order valence-electron chi connectivity index (χ2n) is 10.1. The van der Waals surface area contributed by atoms with Crippen molar-refractivity contribution in [1.29, 1.82) is 0 Å². The summed E-state index contributed by atoms with van der Waals surface area (Å²) in [4.78, 5) is 36.3. The van der Waals surface area contributed by atoms with Gasteiger partial charge in [0.05, 0.1) is 0 Å². The molecule has 152 valence electrons. The van der Waals surface area contributed by atoms with Gasteiger partial charge in [0.1, 0.15) is 17.7 Å². The summed E-state index contributed by atoms with van der Waals surface area (Å²) >= 11 is 0. The Kier molecular flexibility index (Phi) is 8.13. The van der Waals surface area contributed by atoms with Crippen molar-refractivity contribution in [2.45, 2.75) is 92.8 Å². The summed E-state index contributed by atoms with van der Waals surface area (Å²) in [5.74, 6) is -1.62. The number of amides is 2. The highest BCUT2D eigenvalue weighted by atomic mass is 16.6. The number of carboxylic acid groups (broad SMARTS) is 1. The first-order chi connectivity index (χ1) is 11.4. The van der Waals surface area contributed by atoms with Gasteiger partial charge >= 0.3 is 12.1 Å². The first-order valence-electron chi connectivity index (χ1n) is 8.92. The van der Waals surface area contributed by atoms with Gasteiger partial charge in [0.15, 0.2) is 0 Å². The number of hydrogen-bond donors (Lipinski definition) is 3. The highest BCUT2D eigenvalue weighted by Gasteiger charge is 2.32. The molecule has 0 saturated heterocycles. The fraction of sp³-hybridized carbons (Fsp3) is 0.842. The van der Waals surface area contributed by atoms with Crippen LogP contribution in [-0.4, -0.2) is 40.8 Å². The van der Waals surface area contributed by atoms with Crippen molar-refractivity contribution in [1.82, 2.24) is 10.6 Å². The average molecular weight is 373 g/mol. The van der Waals surface area contributed by atoms with Crippen LogP contribution in [0.3, 0.4) is 0 Å². The molecule has 0 rings (SSSR count). The van der Waals surface area contributed by atoms with E-state index in [9.17, 15) is 19.5 Å². The Bertz CT molecular complexity index is 509. The minimum absolute atomic E-state index is 0.250. The largest absolute Gasteiger partial charge is 0.480 e. The topological polar surface area (TPSA) is 105 Å². The molecule has 0 unspecified atom stereocenters. The molecule has 0 aromatic rings. The number of hydrogen-bond acceptors (Lipinski definition) is 4. The summed E-state index contributed by atoms with van der Waals surface area (Å²) < 4.78 is 5.22. The van der Waals surface area contributed by atoms with Crippen LogP contribution >= 0.6 is 0 Å². The second-order valence-corrected chi connectivity index (χ2v) is 10.1. The number of nitrogens with one attached hydrogen (secondary N) is 2. The van der Waals surface area contributed by atoms with Crippen LogP contribution in [0, 0.1) is 10.8 Å². The van der Waals surface area contributed by atoms with Crippen molar-refractivity contribution in [3.63, 3.8) is 0 Å². The van der Waals surface area contributed by atoms with E-state index in [0.29, 0.717) is 6.42 Å². The molecule has 0 aliphatic heterocycles. The molecule has 7 heteroatoms. The molecule has 0 aliphatic carbocycles. The summed E-state index contributed by atoms with van der Waals surface area (Å²) in [5, 5.41) is 14.5. The van der Waals surface area contributed by atoms with Crippen LogP contribution < -0.4 is 10.6 Å². The van der Waals surface area contributed by atoms with Gasteiger partial charge in [0.25, 0.3) is 0 Å². The molecule has 3 N–H and O–H groups in total. The first-order valence-corrected chi connectivity index (χ1v) is 8.92. The van der Waals surface area contributed by atoms with Crippen LogP contribution in [0.25, 0.3) is 0 Å². The fourth-order valence-corrected chi connectivity index (χ4v) is 2.36. The van der Waals surface area contributed by atoms with Gasteiger partial charge in [0.2, 0.25) is 5.91 Å². The zero-order chi connectivity index (χ0) is 20.9. The van der Waals surface area contributed by atoms with Gasteiger partial charge in [-0.1, -0.05) is 41.5 Å². The Balaban J connectivity index is 5.25. The third-order valence-electron chi connectivity index (χ3n) is 3.26. The third kappa shape index (κ3) is 11.7. The number of ether oxygens (including phenoxy) is 1. The van der Waals surface area contributed by atoms with Gasteiger partial charge in [-0.15, -0.1) is 0 Å². The van der Waals surface area contributed by atoms with Crippen molar-refractivity contribution in [2.24, 2.45) is 10.8 Å². The maximum atomic E-state index is 12.7. The van der Waals surface area contributed by atoms with Crippen LogP contribution in [0.2, 0.25) is 0 Å². The Hall–Kier alpha value is -1.79. The lowest BCUT2D eigenvalue weighted by molar-refractivity contribution is -0.143. The van der Waals surface area contributed by atoms with Crippen molar-refractivity contribution >= 4 is 18.0 Å². The third-order valence-corrected chi connectivity index (χ3v) is 3.26. The van der Waals surface area contributed by atoms with E-state index < -0.39 is 35.7 Å². The minimum Gasteiger partial charge on any atom is -0.480 e. The van der Waals surface area contributed by atoms with Gasteiger partial charge < -0.3 is 20.5 Å². The average Bonchev–Trinajstić information content (AvgIpc) is 2.31. The summed E-state index contributed by atoms with van der Waals surface area (Å²) in [6.45, 7) is 16.7. The Morgan fingerprint density at radius 2 is 1.23 bits per heavy atom. The maximum Gasteiger partial charge on any atom is 0.408 e. The number of carbonyl (C=O) groups excluding carboxylic acids is 2. The number of aliphatic carboxylic acids is 1. The van der Waals surface area contributed by atoms with Gasteiger partial charge in [0, 0.05) is 0 Å². The second kappa shape index (κ2) is 8.73. The Morgan fingerprint density at radius 1 is 0.808 bits per heavy atom. The smallest absolute Gasteiger partial charge is 0.408 e. The zero-order valence-electron chi connectivity index (χ0n) is 17.6. The molecule has 0 radical (unpaired) electrons. The van der Waals surface area contributed by atoms with Crippen molar-refractivity contribution < 1.29 is 24.2 Å². The number of carbonyl (C=O) groups is 3. The van der Waals surface area contributed by atoms with Crippen molar-refractivity contribution in [2.75, 3.05) is 0 Å². The molecule has 0 aliphatic rings. The summed E-state index contributed by atoms with van der Waals surface area (Å²) in [6, 6.07) is -1.91. The normalized spacial score (nSPS) is 15.0. The minimum atomic E-state index is -1.10. The molecule has 0 saturated carbocycles. The molecular formula is C19H36N2O5. The van der Waals surface area contributed by atoms with Crippen molar-refractivity contribution in [3.8, 4) is 0 Å². The number of alkyl carbamates (subject to hydrolysis) is 1. The Morgan fingerprint density at radius 3 is 1.58 bits per heavy atom. The quantitative estimate of drug-likeness (QED) is 0.663. The SMILES string of the molecule is CC(C)(C)C[C@H](NC(=O)[C@H](CC(C)(C)C)NC(=O)OC(C)(C)C)C(=O)O. The summed E-state index contributed by atoms with van der Waals surface area (Å²) in [7, 11) is 0. The molecule has 0 fully saturated rings. The zero-order valence-corrected chi connectivity index (χ0v) is 17.6. The summed E-state index contributed by atoms with van der Waals surface area (Å²) in [5.41, 5.74) is -1.21. The van der Waals surface area contributed by atoms with E-state index in [4.69, 9.17) is 4.74 Å². The Labute approximate surface area is 157 Å². The maximum absolute atomic E-state index is 12.7. The molecule has 0 heterocycles. The predicted octanol–water partition coefficient (Wildman–Crippen LogP) is 3.32. The lowest BCUT2D eigenvalue weighted by Crippen LogP contribution is -2.54. The van der Waals surface area contributed by atoms with E-state index in [1.54, 1.807) is 20.8 Å². The van der Waals surface area contributed by atoms with Crippen LogP contribution in [-0.2, 0) is 14.3 Å². The van der Waals surface area contributed by atoms with E-state index >= 15 is 0 Å². The predicted molar refractivity (Wildman–Crippen MR) is 101 cm³/mol.